The first-order chi connectivity index (χ1) is 15.2. The summed E-state index contributed by atoms with van der Waals surface area (Å²) >= 11 is 0.805. The molecule has 1 aliphatic heterocycles. The molecule has 1 saturated heterocycles. The van der Waals surface area contributed by atoms with Gasteiger partial charge in [-0.1, -0.05) is 23.8 Å². The van der Waals surface area contributed by atoms with Gasteiger partial charge in [-0.15, -0.1) is 0 Å². The Bertz CT molecular complexity index is 1090. The number of thioether (sulfide) groups is 1. The fraction of sp³-hybridized carbons (Fsp3) is 0.292. The predicted octanol–water partition coefficient (Wildman–Crippen LogP) is 4.77. The van der Waals surface area contributed by atoms with E-state index in [2.05, 4.69) is 5.32 Å². The van der Waals surface area contributed by atoms with Crippen LogP contribution in [0.4, 0.5) is 10.5 Å². The van der Waals surface area contributed by atoms with E-state index in [1.165, 1.54) is 7.11 Å². The second-order valence-corrected chi connectivity index (χ2v) is 8.70. The van der Waals surface area contributed by atoms with Crippen LogP contribution in [0.5, 0.6) is 11.5 Å². The first-order valence-corrected chi connectivity index (χ1v) is 11.0. The van der Waals surface area contributed by atoms with E-state index in [4.69, 9.17) is 9.47 Å². The zero-order valence-corrected chi connectivity index (χ0v) is 19.5. The lowest BCUT2D eigenvalue weighted by Crippen LogP contribution is -2.36. The number of methoxy groups -OCH3 is 1. The van der Waals surface area contributed by atoms with E-state index in [0.717, 1.165) is 27.8 Å². The largest absolute Gasteiger partial charge is 0.493 e. The molecule has 7 nitrogen and oxygen atoms in total. The number of carbonyl (C=O) groups excluding carboxylic acids is 3. The lowest BCUT2D eigenvalue weighted by molar-refractivity contribution is -0.127. The monoisotopic (exact) mass is 454 g/mol. The summed E-state index contributed by atoms with van der Waals surface area (Å²) in [5.74, 6) is 0.185. The first kappa shape index (κ1) is 23.4. The molecule has 3 rings (SSSR count). The average molecular weight is 455 g/mol. The van der Waals surface area contributed by atoms with Gasteiger partial charge in [-0.05, 0) is 74.9 Å². The van der Waals surface area contributed by atoms with Gasteiger partial charge >= 0.3 is 0 Å². The van der Waals surface area contributed by atoms with Gasteiger partial charge in [-0.3, -0.25) is 19.3 Å². The van der Waals surface area contributed by atoms with Gasteiger partial charge in [0, 0.05) is 5.69 Å². The Hall–Kier alpha value is -3.26. The van der Waals surface area contributed by atoms with Crippen molar-refractivity contribution in [2.45, 2.75) is 33.8 Å². The van der Waals surface area contributed by atoms with Crippen LogP contribution in [0.25, 0.3) is 6.08 Å². The maximum absolute atomic E-state index is 12.8. The summed E-state index contributed by atoms with van der Waals surface area (Å²) in [5, 5.41) is 2.28. The second-order valence-electron chi connectivity index (χ2n) is 7.71. The first-order valence-electron chi connectivity index (χ1n) is 10.1. The van der Waals surface area contributed by atoms with Crippen molar-refractivity contribution in [3.05, 3.63) is 58.0 Å². The topological polar surface area (TPSA) is 84.9 Å². The van der Waals surface area contributed by atoms with Gasteiger partial charge < -0.3 is 14.8 Å². The number of imide groups is 1. The van der Waals surface area contributed by atoms with Gasteiger partial charge in [0.1, 0.15) is 6.54 Å². The third-order valence-corrected chi connectivity index (χ3v) is 5.59. The highest BCUT2D eigenvalue weighted by molar-refractivity contribution is 8.18. The highest BCUT2D eigenvalue weighted by Gasteiger charge is 2.36. The summed E-state index contributed by atoms with van der Waals surface area (Å²) in [4.78, 5) is 38.8. The number of nitrogens with zero attached hydrogens (tertiary/aromatic N) is 1. The standard InChI is InChI=1S/C24H26N2O5S/c1-14(2)31-19-9-7-17(11-20(19)30-5)12-21-23(28)26(24(29)32-21)13-22(27)25-18-8-6-15(3)10-16(18)4/h6-12,14H,13H2,1-5H3,(H,25,27)/b21-12-. The molecule has 1 N–H and O–H groups in total. The zero-order valence-electron chi connectivity index (χ0n) is 18.7. The minimum atomic E-state index is -0.503. The molecule has 8 heteroatoms. The normalized spacial score (nSPS) is 14.9. The van der Waals surface area contributed by atoms with Crippen molar-refractivity contribution < 1.29 is 23.9 Å². The number of aryl methyl sites for hydroxylation is 2. The van der Waals surface area contributed by atoms with Crippen molar-refractivity contribution in [2.24, 2.45) is 0 Å². The van der Waals surface area contributed by atoms with Gasteiger partial charge in [-0.2, -0.15) is 0 Å². The molecule has 2 aromatic rings. The number of nitrogens with one attached hydrogen (secondary N) is 1. The Kier molecular flexibility index (Phi) is 7.25. The number of amides is 3. The molecule has 0 radical (unpaired) electrons. The van der Waals surface area contributed by atoms with Gasteiger partial charge in [0.2, 0.25) is 5.91 Å². The van der Waals surface area contributed by atoms with Crippen molar-refractivity contribution in [3.63, 3.8) is 0 Å². The third-order valence-electron chi connectivity index (χ3n) is 4.68. The van der Waals surface area contributed by atoms with E-state index in [9.17, 15) is 14.4 Å². The summed E-state index contributed by atoms with van der Waals surface area (Å²) in [6.07, 6.45) is 1.59. The third kappa shape index (κ3) is 5.50. The summed E-state index contributed by atoms with van der Waals surface area (Å²) < 4.78 is 11.1. The quantitative estimate of drug-likeness (QED) is 0.607. The van der Waals surface area contributed by atoms with Crippen molar-refractivity contribution in [2.75, 3.05) is 19.0 Å². The molecule has 0 atom stereocenters. The van der Waals surface area contributed by atoms with E-state index in [0.29, 0.717) is 22.7 Å². The van der Waals surface area contributed by atoms with Crippen LogP contribution in [-0.2, 0) is 9.59 Å². The van der Waals surface area contributed by atoms with Crippen LogP contribution >= 0.6 is 11.8 Å². The SMILES string of the molecule is COc1cc(/C=C2\SC(=O)N(CC(=O)Nc3ccc(C)cc3C)C2=O)ccc1OC(C)C. The van der Waals surface area contributed by atoms with E-state index in [1.54, 1.807) is 30.3 Å². The Balaban J connectivity index is 1.72. The van der Waals surface area contributed by atoms with E-state index in [1.807, 2.05) is 39.8 Å². The Morgan fingerprint density at radius 3 is 2.53 bits per heavy atom. The van der Waals surface area contributed by atoms with Crippen LogP contribution in [-0.4, -0.2) is 41.7 Å². The Morgan fingerprint density at radius 1 is 1.12 bits per heavy atom. The minimum absolute atomic E-state index is 0.0129. The van der Waals surface area contributed by atoms with E-state index < -0.39 is 17.1 Å². The number of ether oxygens (including phenoxy) is 2. The highest BCUT2D eigenvalue weighted by Crippen LogP contribution is 2.34. The van der Waals surface area contributed by atoms with Crippen molar-refractivity contribution in [3.8, 4) is 11.5 Å². The fourth-order valence-corrected chi connectivity index (χ4v) is 4.04. The maximum atomic E-state index is 12.8. The lowest BCUT2D eigenvalue weighted by Gasteiger charge is -2.14. The smallest absolute Gasteiger partial charge is 0.294 e. The molecule has 3 amide bonds. The molecule has 1 aliphatic rings. The van der Waals surface area contributed by atoms with Crippen LogP contribution in [0.1, 0.15) is 30.5 Å². The molecular weight excluding hydrogens is 428 g/mol. The minimum Gasteiger partial charge on any atom is -0.493 e. The number of hydrogen-bond acceptors (Lipinski definition) is 6. The van der Waals surface area contributed by atoms with Gasteiger partial charge in [0.25, 0.3) is 11.1 Å². The zero-order chi connectivity index (χ0) is 23.4. The van der Waals surface area contributed by atoms with Crippen LogP contribution < -0.4 is 14.8 Å². The van der Waals surface area contributed by atoms with Gasteiger partial charge in [0.15, 0.2) is 11.5 Å². The molecule has 1 fully saturated rings. The molecule has 0 bridgehead atoms. The number of benzene rings is 2. The van der Waals surface area contributed by atoms with Crippen LogP contribution in [0.3, 0.4) is 0 Å². The lowest BCUT2D eigenvalue weighted by atomic mass is 10.1. The summed E-state index contributed by atoms with van der Waals surface area (Å²) in [7, 11) is 1.54. The molecular formula is C24H26N2O5S. The van der Waals surface area contributed by atoms with Crippen LogP contribution in [0.15, 0.2) is 41.3 Å². The molecule has 0 unspecified atom stereocenters. The molecule has 1 heterocycles. The van der Waals surface area contributed by atoms with Crippen LogP contribution in [0.2, 0.25) is 0 Å². The van der Waals surface area contributed by atoms with Gasteiger partial charge in [0.05, 0.1) is 18.1 Å². The predicted molar refractivity (Wildman–Crippen MR) is 126 cm³/mol. The molecule has 2 aromatic carbocycles. The summed E-state index contributed by atoms with van der Waals surface area (Å²) in [5.41, 5.74) is 3.32. The summed E-state index contributed by atoms with van der Waals surface area (Å²) in [6.45, 7) is 7.34. The van der Waals surface area contributed by atoms with Crippen molar-refractivity contribution >= 4 is 40.6 Å². The van der Waals surface area contributed by atoms with E-state index in [-0.39, 0.29) is 17.6 Å². The average Bonchev–Trinajstić information content (AvgIpc) is 2.98. The molecule has 32 heavy (non-hydrogen) atoms. The maximum Gasteiger partial charge on any atom is 0.294 e. The molecule has 0 spiro atoms. The Labute approximate surface area is 191 Å². The summed E-state index contributed by atoms with van der Waals surface area (Å²) in [6, 6.07) is 10.9. The van der Waals surface area contributed by atoms with Crippen molar-refractivity contribution in [1.82, 2.24) is 4.90 Å². The molecule has 0 aliphatic carbocycles. The molecule has 0 saturated carbocycles. The number of hydrogen-bond donors (Lipinski definition) is 1. The fourth-order valence-electron chi connectivity index (χ4n) is 3.20. The number of anilines is 1. The van der Waals surface area contributed by atoms with Crippen molar-refractivity contribution in [1.29, 1.82) is 0 Å². The molecule has 0 aromatic heterocycles. The second kappa shape index (κ2) is 9.91. The van der Waals surface area contributed by atoms with Gasteiger partial charge in [-0.25, -0.2) is 0 Å². The molecule has 168 valence electrons. The van der Waals surface area contributed by atoms with Crippen LogP contribution in [0, 0.1) is 13.8 Å². The highest BCUT2D eigenvalue weighted by atomic mass is 32.2. The van der Waals surface area contributed by atoms with E-state index >= 15 is 0 Å². The Morgan fingerprint density at radius 2 is 1.88 bits per heavy atom. The number of carbonyl (C=O) groups is 3. The number of rotatable bonds is 7.